The summed E-state index contributed by atoms with van der Waals surface area (Å²) in [6.07, 6.45) is 9.06. The molecule has 2 N–H and O–H groups in total. The van der Waals surface area contributed by atoms with Gasteiger partial charge in [0.05, 0.1) is 18.6 Å². The normalized spacial score (nSPS) is 16.8. The van der Waals surface area contributed by atoms with Crippen LogP contribution in [0, 0.1) is 5.92 Å². The van der Waals surface area contributed by atoms with Crippen molar-refractivity contribution in [3.8, 4) is 0 Å². The van der Waals surface area contributed by atoms with Crippen LogP contribution >= 0.6 is 0 Å². The zero-order chi connectivity index (χ0) is 10.5. The van der Waals surface area contributed by atoms with Crippen molar-refractivity contribution in [1.29, 1.82) is 0 Å². The highest BCUT2D eigenvalue weighted by Crippen LogP contribution is 2.27. The number of aromatic nitrogens is 2. The molecule has 0 aromatic carbocycles. The van der Waals surface area contributed by atoms with Gasteiger partial charge in [-0.2, -0.15) is 0 Å². The van der Waals surface area contributed by atoms with Crippen molar-refractivity contribution in [2.24, 2.45) is 5.92 Å². The van der Waals surface area contributed by atoms with Crippen molar-refractivity contribution >= 4 is 5.91 Å². The third-order valence-corrected chi connectivity index (χ3v) is 2.98. The predicted octanol–water partition coefficient (Wildman–Crippen LogP) is 1.61. The smallest absolute Gasteiger partial charge is 0.220 e. The average Bonchev–Trinajstić information content (AvgIpc) is 2.86. The van der Waals surface area contributed by atoms with Gasteiger partial charge in [-0.1, -0.05) is 12.8 Å². The third kappa shape index (κ3) is 3.08. The third-order valence-electron chi connectivity index (χ3n) is 2.98. The van der Waals surface area contributed by atoms with Crippen LogP contribution in [-0.2, 0) is 11.3 Å². The molecule has 0 bridgehead atoms. The van der Waals surface area contributed by atoms with Gasteiger partial charge in [-0.15, -0.1) is 0 Å². The van der Waals surface area contributed by atoms with E-state index in [2.05, 4.69) is 15.3 Å². The van der Waals surface area contributed by atoms with Gasteiger partial charge in [0, 0.05) is 12.6 Å². The van der Waals surface area contributed by atoms with Gasteiger partial charge in [-0.25, -0.2) is 4.98 Å². The lowest BCUT2D eigenvalue weighted by molar-refractivity contribution is -0.122. The number of hydrogen-bond acceptors (Lipinski definition) is 2. The molecule has 4 heteroatoms. The van der Waals surface area contributed by atoms with E-state index in [0.717, 1.165) is 5.69 Å². The van der Waals surface area contributed by atoms with E-state index in [-0.39, 0.29) is 5.91 Å². The average molecular weight is 207 g/mol. The molecule has 4 nitrogen and oxygen atoms in total. The van der Waals surface area contributed by atoms with Crippen LogP contribution in [0.3, 0.4) is 0 Å². The molecule has 2 rings (SSSR count). The number of H-pyrrole nitrogens is 1. The minimum atomic E-state index is 0.163. The van der Waals surface area contributed by atoms with Gasteiger partial charge in [0.25, 0.3) is 0 Å². The molecule has 1 amide bonds. The van der Waals surface area contributed by atoms with Gasteiger partial charge in [0.1, 0.15) is 0 Å². The van der Waals surface area contributed by atoms with Crippen LogP contribution in [0.1, 0.15) is 37.8 Å². The standard InChI is InChI=1S/C11H17N3O/c15-11(5-9-3-1-2-4-9)13-7-10-6-12-8-14-10/h6,8-9H,1-5,7H2,(H,12,14)(H,13,15). The second-order valence-electron chi connectivity index (χ2n) is 4.21. The Balaban J connectivity index is 1.68. The Labute approximate surface area is 89.5 Å². The van der Waals surface area contributed by atoms with Crippen LogP contribution in [0.5, 0.6) is 0 Å². The first kappa shape index (κ1) is 10.2. The molecule has 0 saturated heterocycles. The first-order chi connectivity index (χ1) is 7.34. The summed E-state index contributed by atoms with van der Waals surface area (Å²) in [4.78, 5) is 18.4. The number of nitrogens with one attached hydrogen (secondary N) is 2. The number of nitrogens with zero attached hydrogens (tertiary/aromatic N) is 1. The Hall–Kier alpha value is -1.32. The van der Waals surface area contributed by atoms with Gasteiger partial charge in [-0.3, -0.25) is 4.79 Å². The van der Waals surface area contributed by atoms with Gasteiger partial charge in [0.2, 0.25) is 5.91 Å². The summed E-state index contributed by atoms with van der Waals surface area (Å²) in [7, 11) is 0. The fourth-order valence-electron chi connectivity index (χ4n) is 2.12. The molecule has 0 atom stereocenters. The Morgan fingerprint density at radius 1 is 1.53 bits per heavy atom. The summed E-state index contributed by atoms with van der Waals surface area (Å²) in [5.41, 5.74) is 0.953. The van der Waals surface area contributed by atoms with Gasteiger partial charge < -0.3 is 10.3 Å². The molecular weight excluding hydrogens is 190 g/mol. The van der Waals surface area contributed by atoms with Crippen molar-refractivity contribution in [3.63, 3.8) is 0 Å². The first-order valence-electron chi connectivity index (χ1n) is 5.58. The summed E-state index contributed by atoms with van der Waals surface area (Å²) < 4.78 is 0. The minimum Gasteiger partial charge on any atom is -0.350 e. The maximum Gasteiger partial charge on any atom is 0.220 e. The number of hydrogen-bond donors (Lipinski definition) is 2. The lowest BCUT2D eigenvalue weighted by atomic mass is 10.0. The van der Waals surface area contributed by atoms with E-state index in [1.54, 1.807) is 12.5 Å². The summed E-state index contributed by atoms with van der Waals surface area (Å²) in [6.45, 7) is 0.561. The SMILES string of the molecule is O=C(CC1CCCC1)NCc1cnc[nH]1. The zero-order valence-corrected chi connectivity index (χ0v) is 8.83. The Bertz CT molecular complexity index is 302. The van der Waals surface area contributed by atoms with E-state index in [1.165, 1.54) is 25.7 Å². The molecule has 1 fully saturated rings. The van der Waals surface area contributed by atoms with Crippen molar-refractivity contribution in [2.45, 2.75) is 38.6 Å². The fourth-order valence-corrected chi connectivity index (χ4v) is 2.12. The van der Waals surface area contributed by atoms with Crippen LogP contribution < -0.4 is 5.32 Å². The topological polar surface area (TPSA) is 57.8 Å². The molecule has 82 valence electrons. The van der Waals surface area contributed by atoms with Crippen molar-refractivity contribution in [1.82, 2.24) is 15.3 Å². The number of carbonyl (C=O) groups excluding carboxylic acids is 1. The molecule has 1 saturated carbocycles. The van der Waals surface area contributed by atoms with Gasteiger partial charge >= 0.3 is 0 Å². The lowest BCUT2D eigenvalue weighted by Crippen LogP contribution is -2.24. The van der Waals surface area contributed by atoms with E-state index >= 15 is 0 Å². The predicted molar refractivity (Wildman–Crippen MR) is 57.0 cm³/mol. The lowest BCUT2D eigenvalue weighted by Gasteiger charge is -2.08. The second kappa shape index (κ2) is 4.96. The van der Waals surface area contributed by atoms with E-state index in [0.29, 0.717) is 18.9 Å². The summed E-state index contributed by atoms with van der Waals surface area (Å²) in [6, 6.07) is 0. The van der Waals surface area contributed by atoms with Crippen LogP contribution in [0.15, 0.2) is 12.5 Å². The number of amides is 1. The molecule has 1 aromatic rings. The van der Waals surface area contributed by atoms with E-state index < -0.39 is 0 Å². The van der Waals surface area contributed by atoms with Crippen molar-refractivity contribution in [3.05, 3.63) is 18.2 Å². The minimum absolute atomic E-state index is 0.163. The highest BCUT2D eigenvalue weighted by molar-refractivity contribution is 5.76. The highest BCUT2D eigenvalue weighted by Gasteiger charge is 2.17. The monoisotopic (exact) mass is 207 g/mol. The molecule has 1 aliphatic carbocycles. The summed E-state index contributed by atoms with van der Waals surface area (Å²) in [5, 5.41) is 2.90. The zero-order valence-electron chi connectivity index (χ0n) is 8.83. The van der Waals surface area contributed by atoms with Crippen molar-refractivity contribution < 1.29 is 4.79 Å². The summed E-state index contributed by atoms with van der Waals surface area (Å²) >= 11 is 0. The molecule has 0 unspecified atom stereocenters. The Kier molecular flexibility index (Phi) is 3.37. The highest BCUT2D eigenvalue weighted by atomic mass is 16.1. The Morgan fingerprint density at radius 3 is 3.00 bits per heavy atom. The van der Waals surface area contributed by atoms with Crippen LogP contribution in [0.25, 0.3) is 0 Å². The van der Waals surface area contributed by atoms with Gasteiger partial charge in [0.15, 0.2) is 0 Å². The Morgan fingerprint density at radius 2 is 2.33 bits per heavy atom. The number of carbonyl (C=O) groups is 1. The maximum absolute atomic E-state index is 11.5. The van der Waals surface area contributed by atoms with Crippen LogP contribution in [0.2, 0.25) is 0 Å². The molecule has 1 heterocycles. The van der Waals surface area contributed by atoms with E-state index in [4.69, 9.17) is 0 Å². The van der Waals surface area contributed by atoms with E-state index in [1.807, 2.05) is 0 Å². The molecule has 0 spiro atoms. The first-order valence-corrected chi connectivity index (χ1v) is 5.58. The summed E-state index contributed by atoms with van der Waals surface area (Å²) in [5.74, 6) is 0.781. The molecule has 1 aromatic heterocycles. The quantitative estimate of drug-likeness (QED) is 0.788. The van der Waals surface area contributed by atoms with E-state index in [9.17, 15) is 4.79 Å². The fraction of sp³-hybridized carbons (Fsp3) is 0.636. The molecular formula is C11H17N3O. The second-order valence-corrected chi connectivity index (χ2v) is 4.21. The number of imidazole rings is 1. The largest absolute Gasteiger partial charge is 0.350 e. The molecule has 15 heavy (non-hydrogen) atoms. The molecule has 1 aliphatic rings. The van der Waals surface area contributed by atoms with Crippen molar-refractivity contribution in [2.75, 3.05) is 0 Å². The number of rotatable bonds is 4. The van der Waals surface area contributed by atoms with Gasteiger partial charge in [-0.05, 0) is 18.8 Å². The van der Waals surface area contributed by atoms with Crippen LogP contribution in [0.4, 0.5) is 0 Å². The maximum atomic E-state index is 11.5. The van der Waals surface area contributed by atoms with Crippen LogP contribution in [-0.4, -0.2) is 15.9 Å². The number of aromatic amines is 1. The molecule has 0 radical (unpaired) electrons. The molecule has 0 aliphatic heterocycles.